The molecule has 0 spiro atoms. The number of fused-ring (bicyclic) bond motifs is 1. The summed E-state index contributed by atoms with van der Waals surface area (Å²) < 4.78 is 5.68. The van der Waals surface area contributed by atoms with Crippen molar-refractivity contribution in [1.82, 2.24) is 0 Å². The molecule has 2 N–H and O–H groups in total. The van der Waals surface area contributed by atoms with Crippen LogP contribution in [0.5, 0.6) is 11.5 Å². The third kappa shape index (κ3) is 3.70. The molecule has 1 aromatic heterocycles. The van der Waals surface area contributed by atoms with Crippen molar-refractivity contribution in [2.24, 2.45) is 0 Å². The van der Waals surface area contributed by atoms with Gasteiger partial charge in [-0.15, -0.1) is 0 Å². The minimum Gasteiger partial charge on any atom is -0.508 e. The van der Waals surface area contributed by atoms with E-state index in [0.29, 0.717) is 16.7 Å². The largest absolute Gasteiger partial charge is 0.508 e. The highest BCUT2D eigenvalue weighted by molar-refractivity contribution is 5.86. The van der Waals surface area contributed by atoms with Crippen molar-refractivity contribution >= 4 is 16.7 Å². The first-order chi connectivity index (χ1) is 14.4. The van der Waals surface area contributed by atoms with E-state index in [9.17, 15) is 25.1 Å². The molecule has 0 radical (unpaired) electrons. The highest BCUT2D eigenvalue weighted by atomic mass is 16.6. The normalized spacial score (nSPS) is 10.4. The molecule has 7 heteroatoms. The number of phenols is 2. The zero-order valence-electron chi connectivity index (χ0n) is 15.3. The van der Waals surface area contributed by atoms with Crippen molar-refractivity contribution in [1.29, 1.82) is 0 Å². The van der Waals surface area contributed by atoms with E-state index in [1.54, 1.807) is 36.4 Å². The lowest BCUT2D eigenvalue weighted by Crippen LogP contribution is -2.00. The van der Waals surface area contributed by atoms with E-state index in [1.807, 2.05) is 0 Å². The van der Waals surface area contributed by atoms with Crippen LogP contribution >= 0.6 is 0 Å². The van der Waals surface area contributed by atoms with Gasteiger partial charge >= 0.3 is 0 Å². The van der Waals surface area contributed by atoms with Gasteiger partial charge in [-0.25, -0.2) is 0 Å². The summed E-state index contributed by atoms with van der Waals surface area (Å²) >= 11 is 0. The van der Waals surface area contributed by atoms with Crippen LogP contribution in [0.25, 0.3) is 22.3 Å². The fourth-order valence-electron chi connectivity index (χ4n) is 2.96. The lowest BCUT2D eigenvalue weighted by atomic mass is 10.1. The second-order valence-electron chi connectivity index (χ2n) is 6.45. The monoisotopic (exact) mass is 399 g/mol. The van der Waals surface area contributed by atoms with Crippen LogP contribution in [0, 0.1) is 22.0 Å². The summed E-state index contributed by atoms with van der Waals surface area (Å²) in [5.41, 5.74) is 1.42. The van der Waals surface area contributed by atoms with E-state index >= 15 is 0 Å². The van der Waals surface area contributed by atoms with E-state index in [0.717, 1.165) is 6.07 Å². The predicted octanol–water partition coefficient (Wildman–Crippen LogP) is 4.18. The smallest absolute Gasteiger partial charge is 0.270 e. The minimum atomic E-state index is -0.475. The molecule has 0 aliphatic heterocycles. The summed E-state index contributed by atoms with van der Waals surface area (Å²) in [7, 11) is 0. The number of nitrogens with zero attached hydrogens (tertiary/aromatic N) is 1. The maximum Gasteiger partial charge on any atom is 0.270 e. The highest BCUT2D eigenvalue weighted by Gasteiger charge is 2.12. The SMILES string of the molecule is O=c1cc(-c2ccc(C#Cc3cccc([N+](=O)[O-])c3)cc2)oc2cc(O)cc(O)c12. The van der Waals surface area contributed by atoms with Gasteiger partial charge < -0.3 is 14.6 Å². The number of nitro groups is 1. The van der Waals surface area contributed by atoms with Crippen molar-refractivity contribution in [3.8, 4) is 34.7 Å². The molecule has 30 heavy (non-hydrogen) atoms. The molecular weight excluding hydrogens is 386 g/mol. The molecule has 1 heterocycles. The van der Waals surface area contributed by atoms with Crippen molar-refractivity contribution in [2.45, 2.75) is 0 Å². The van der Waals surface area contributed by atoms with E-state index in [-0.39, 0.29) is 33.9 Å². The number of non-ortho nitro benzene ring substituents is 1. The lowest BCUT2D eigenvalue weighted by molar-refractivity contribution is -0.384. The molecule has 0 aliphatic carbocycles. The number of phenolic OH excluding ortho intramolecular Hbond substituents is 2. The molecule has 0 saturated carbocycles. The number of rotatable bonds is 2. The van der Waals surface area contributed by atoms with Crippen LogP contribution in [0.15, 0.2) is 75.9 Å². The molecule has 0 fully saturated rings. The van der Waals surface area contributed by atoms with Gasteiger partial charge in [0.05, 0.1) is 4.92 Å². The van der Waals surface area contributed by atoms with Crippen LogP contribution in [0.1, 0.15) is 11.1 Å². The van der Waals surface area contributed by atoms with Gasteiger partial charge in [-0.05, 0) is 30.3 Å². The molecule has 4 rings (SSSR count). The van der Waals surface area contributed by atoms with Gasteiger partial charge in [-0.3, -0.25) is 14.9 Å². The first-order valence-electron chi connectivity index (χ1n) is 8.77. The molecule has 0 unspecified atom stereocenters. The Morgan fingerprint density at radius 3 is 2.37 bits per heavy atom. The summed E-state index contributed by atoms with van der Waals surface area (Å²) in [5, 5.41) is 30.3. The van der Waals surface area contributed by atoms with Crippen LogP contribution in [-0.2, 0) is 0 Å². The number of hydrogen-bond acceptors (Lipinski definition) is 6. The Kier molecular flexibility index (Phi) is 4.66. The number of benzene rings is 3. The van der Waals surface area contributed by atoms with Gasteiger partial charge in [-0.1, -0.05) is 17.9 Å². The second-order valence-corrected chi connectivity index (χ2v) is 6.45. The Morgan fingerprint density at radius 2 is 1.63 bits per heavy atom. The van der Waals surface area contributed by atoms with Gasteiger partial charge in [0, 0.05) is 47.0 Å². The Labute approximate surface area is 169 Å². The first kappa shape index (κ1) is 18.8. The van der Waals surface area contributed by atoms with Crippen LogP contribution in [0.2, 0.25) is 0 Å². The quantitative estimate of drug-likeness (QED) is 0.297. The van der Waals surface area contributed by atoms with Gasteiger partial charge in [-0.2, -0.15) is 0 Å². The van der Waals surface area contributed by atoms with E-state index in [1.165, 1.54) is 24.3 Å². The summed E-state index contributed by atoms with van der Waals surface area (Å²) in [5.74, 6) is 5.52. The number of aromatic hydroxyl groups is 2. The fraction of sp³-hybridized carbons (Fsp3) is 0. The Hall–Kier alpha value is -4.57. The molecule has 0 aliphatic rings. The second kappa shape index (κ2) is 7.45. The number of hydrogen-bond donors (Lipinski definition) is 2. The van der Waals surface area contributed by atoms with Crippen LogP contribution in [0.4, 0.5) is 5.69 Å². The molecule has 3 aromatic carbocycles. The van der Waals surface area contributed by atoms with Crippen LogP contribution in [0.3, 0.4) is 0 Å². The Balaban J connectivity index is 1.66. The minimum absolute atomic E-state index is 0.00371. The first-order valence-corrected chi connectivity index (χ1v) is 8.77. The third-order valence-electron chi connectivity index (χ3n) is 4.37. The van der Waals surface area contributed by atoms with Gasteiger partial charge in [0.1, 0.15) is 28.2 Å². The predicted molar refractivity (Wildman–Crippen MR) is 110 cm³/mol. The average molecular weight is 399 g/mol. The summed E-state index contributed by atoms with van der Waals surface area (Å²) in [6, 6.07) is 16.5. The maximum absolute atomic E-state index is 12.3. The van der Waals surface area contributed by atoms with Crippen LogP contribution < -0.4 is 5.43 Å². The van der Waals surface area contributed by atoms with Gasteiger partial charge in [0.25, 0.3) is 5.69 Å². The van der Waals surface area contributed by atoms with Crippen molar-refractivity contribution in [2.75, 3.05) is 0 Å². The van der Waals surface area contributed by atoms with E-state index < -0.39 is 10.4 Å². The summed E-state index contributed by atoms with van der Waals surface area (Å²) in [6.07, 6.45) is 0. The summed E-state index contributed by atoms with van der Waals surface area (Å²) in [4.78, 5) is 22.7. The number of nitro benzene ring substituents is 1. The lowest BCUT2D eigenvalue weighted by Gasteiger charge is -2.05. The third-order valence-corrected chi connectivity index (χ3v) is 4.37. The summed E-state index contributed by atoms with van der Waals surface area (Å²) in [6.45, 7) is 0. The Morgan fingerprint density at radius 1 is 0.900 bits per heavy atom. The van der Waals surface area contributed by atoms with Crippen molar-refractivity contribution in [3.63, 3.8) is 0 Å². The topological polar surface area (TPSA) is 114 Å². The van der Waals surface area contributed by atoms with Crippen molar-refractivity contribution < 1.29 is 19.6 Å². The maximum atomic E-state index is 12.3. The molecule has 146 valence electrons. The molecule has 0 atom stereocenters. The Bertz CT molecular complexity index is 1410. The molecule has 0 saturated heterocycles. The standard InChI is InChI=1S/C23H13NO6/c25-18-11-19(26)23-20(27)13-21(30-22(23)12-18)16-8-6-14(7-9-16)4-5-15-2-1-3-17(10-15)24(28)29/h1-3,6-13,25-26H. The fourth-order valence-corrected chi connectivity index (χ4v) is 2.96. The molecular formula is C23H13NO6. The van der Waals surface area contributed by atoms with Crippen molar-refractivity contribution in [3.05, 3.63) is 98.2 Å². The zero-order valence-corrected chi connectivity index (χ0v) is 15.3. The van der Waals surface area contributed by atoms with Crippen LogP contribution in [-0.4, -0.2) is 15.1 Å². The van der Waals surface area contributed by atoms with E-state index in [2.05, 4.69) is 11.8 Å². The van der Waals surface area contributed by atoms with Gasteiger partial charge in [0.15, 0.2) is 5.43 Å². The van der Waals surface area contributed by atoms with E-state index in [4.69, 9.17) is 4.42 Å². The zero-order chi connectivity index (χ0) is 21.3. The molecule has 4 aromatic rings. The van der Waals surface area contributed by atoms with Gasteiger partial charge in [0.2, 0.25) is 0 Å². The average Bonchev–Trinajstić information content (AvgIpc) is 2.72. The molecule has 0 bridgehead atoms. The molecule has 7 nitrogen and oxygen atoms in total. The highest BCUT2D eigenvalue weighted by Crippen LogP contribution is 2.30. The molecule has 0 amide bonds.